The minimum absolute atomic E-state index is 0.428. The molecule has 1 aliphatic rings. The molecule has 0 aliphatic carbocycles. The number of alkyl halides is 1. The number of hydrogen-bond donors (Lipinski definition) is 0. The molecule has 2 rings (SSSR count). The molecule has 0 spiro atoms. The molecule has 1 heterocycles. The molecule has 2 heteroatoms. The summed E-state index contributed by atoms with van der Waals surface area (Å²) in [4.78, 5) is 2.49. The van der Waals surface area contributed by atoms with Gasteiger partial charge in [0.05, 0.1) is 0 Å². The summed E-state index contributed by atoms with van der Waals surface area (Å²) in [5.41, 5.74) is 3.00. The zero-order chi connectivity index (χ0) is 11.6. The number of anilines is 1. The summed E-state index contributed by atoms with van der Waals surface area (Å²) >= 11 is 6.00. The number of rotatable bonds is 2. The third kappa shape index (κ3) is 2.52. The Hall–Kier alpha value is -0.690. The van der Waals surface area contributed by atoms with Gasteiger partial charge in [-0.1, -0.05) is 32.0 Å². The molecule has 1 nitrogen and oxygen atoms in total. The lowest BCUT2D eigenvalue weighted by atomic mass is 9.84. The van der Waals surface area contributed by atoms with Gasteiger partial charge in [0.2, 0.25) is 0 Å². The normalized spacial score (nSPS) is 19.8. The third-order valence-corrected chi connectivity index (χ3v) is 3.66. The molecule has 0 N–H and O–H groups in total. The molecule has 0 atom stereocenters. The predicted octanol–water partition coefficient (Wildman–Crippen LogP) is 4.05. The van der Waals surface area contributed by atoms with Gasteiger partial charge in [0.25, 0.3) is 0 Å². The zero-order valence-electron chi connectivity index (χ0n) is 10.2. The second kappa shape index (κ2) is 4.67. The van der Waals surface area contributed by atoms with Crippen LogP contribution in [0.15, 0.2) is 24.3 Å². The Labute approximate surface area is 103 Å². The molecule has 1 aliphatic heterocycles. The van der Waals surface area contributed by atoms with Gasteiger partial charge >= 0.3 is 0 Å². The van der Waals surface area contributed by atoms with Crippen molar-refractivity contribution >= 4 is 17.3 Å². The van der Waals surface area contributed by atoms with Crippen molar-refractivity contribution in [3.63, 3.8) is 0 Å². The summed E-state index contributed by atoms with van der Waals surface area (Å²) in [7, 11) is 0. The van der Waals surface area contributed by atoms with E-state index in [1.54, 1.807) is 0 Å². The van der Waals surface area contributed by atoms with E-state index in [0.29, 0.717) is 11.3 Å². The fourth-order valence-corrected chi connectivity index (χ4v) is 2.79. The molecule has 0 saturated carbocycles. The van der Waals surface area contributed by atoms with Gasteiger partial charge in [0.15, 0.2) is 0 Å². The Balaban J connectivity index is 2.23. The van der Waals surface area contributed by atoms with Crippen LogP contribution in [0, 0.1) is 5.41 Å². The van der Waals surface area contributed by atoms with E-state index in [1.165, 1.54) is 24.1 Å². The molecular weight excluding hydrogens is 218 g/mol. The molecule has 0 aromatic heterocycles. The van der Waals surface area contributed by atoms with Crippen LogP contribution in [0.4, 0.5) is 5.69 Å². The van der Waals surface area contributed by atoms with E-state index in [0.717, 1.165) is 13.1 Å². The van der Waals surface area contributed by atoms with Crippen LogP contribution in [0.2, 0.25) is 0 Å². The van der Waals surface area contributed by atoms with Gasteiger partial charge in [-0.15, -0.1) is 11.6 Å². The fourth-order valence-electron chi connectivity index (χ4n) is 2.56. The number of para-hydroxylation sites is 1. The first-order valence-electron chi connectivity index (χ1n) is 6.01. The lowest BCUT2D eigenvalue weighted by Crippen LogP contribution is -2.40. The van der Waals surface area contributed by atoms with Crippen molar-refractivity contribution in [1.29, 1.82) is 0 Å². The van der Waals surface area contributed by atoms with Crippen molar-refractivity contribution in [1.82, 2.24) is 0 Å². The van der Waals surface area contributed by atoms with Gasteiger partial charge in [-0.3, -0.25) is 0 Å². The van der Waals surface area contributed by atoms with E-state index in [4.69, 9.17) is 11.6 Å². The number of benzene rings is 1. The van der Waals surface area contributed by atoms with Gasteiger partial charge in [-0.2, -0.15) is 0 Å². The van der Waals surface area contributed by atoms with E-state index < -0.39 is 0 Å². The molecule has 0 unspecified atom stereocenters. The van der Waals surface area contributed by atoms with Crippen molar-refractivity contribution in [2.24, 2.45) is 5.41 Å². The van der Waals surface area contributed by atoms with Crippen LogP contribution in [0.3, 0.4) is 0 Å². The van der Waals surface area contributed by atoms with E-state index in [2.05, 4.69) is 43.0 Å². The van der Waals surface area contributed by atoms with Crippen LogP contribution in [0.1, 0.15) is 32.3 Å². The van der Waals surface area contributed by atoms with Crippen molar-refractivity contribution in [3.05, 3.63) is 29.8 Å². The minimum Gasteiger partial charge on any atom is -0.371 e. The van der Waals surface area contributed by atoms with Crippen LogP contribution in [0.5, 0.6) is 0 Å². The van der Waals surface area contributed by atoms with Gasteiger partial charge < -0.3 is 4.90 Å². The molecule has 1 aromatic carbocycles. The SMILES string of the molecule is CC1(C)CCCN(c2ccccc2CCl)C1. The Bertz CT molecular complexity index is 360. The number of nitrogens with zero attached hydrogens (tertiary/aromatic N) is 1. The standard InChI is InChI=1S/C14H20ClN/c1-14(2)8-5-9-16(11-14)13-7-4-3-6-12(13)10-15/h3-4,6-7H,5,8-11H2,1-2H3. The first-order valence-corrected chi connectivity index (χ1v) is 6.55. The van der Waals surface area contributed by atoms with E-state index >= 15 is 0 Å². The first kappa shape index (κ1) is 11.8. The summed E-state index contributed by atoms with van der Waals surface area (Å²) < 4.78 is 0. The van der Waals surface area contributed by atoms with E-state index in [9.17, 15) is 0 Å². The van der Waals surface area contributed by atoms with Crippen LogP contribution in [-0.4, -0.2) is 13.1 Å². The molecule has 0 amide bonds. The maximum atomic E-state index is 6.00. The highest BCUT2D eigenvalue weighted by molar-refractivity contribution is 6.17. The average Bonchev–Trinajstić information content (AvgIpc) is 2.27. The Morgan fingerprint density at radius 2 is 2.06 bits per heavy atom. The van der Waals surface area contributed by atoms with E-state index in [1.807, 2.05) is 0 Å². The van der Waals surface area contributed by atoms with Crippen LogP contribution >= 0.6 is 11.6 Å². The highest BCUT2D eigenvalue weighted by atomic mass is 35.5. The molecule has 1 aromatic rings. The largest absolute Gasteiger partial charge is 0.371 e. The molecule has 0 radical (unpaired) electrons. The second-order valence-electron chi connectivity index (χ2n) is 5.45. The number of piperidine rings is 1. The first-order chi connectivity index (χ1) is 7.62. The van der Waals surface area contributed by atoms with Crippen molar-refractivity contribution < 1.29 is 0 Å². The second-order valence-corrected chi connectivity index (χ2v) is 5.72. The molecule has 0 bridgehead atoms. The zero-order valence-corrected chi connectivity index (χ0v) is 10.9. The molecular formula is C14H20ClN. The fraction of sp³-hybridized carbons (Fsp3) is 0.571. The van der Waals surface area contributed by atoms with Crippen molar-refractivity contribution in [3.8, 4) is 0 Å². The van der Waals surface area contributed by atoms with Gasteiger partial charge in [-0.25, -0.2) is 0 Å². The van der Waals surface area contributed by atoms with E-state index in [-0.39, 0.29) is 0 Å². The molecule has 1 fully saturated rings. The Morgan fingerprint density at radius 1 is 1.31 bits per heavy atom. The molecule has 16 heavy (non-hydrogen) atoms. The number of halogens is 1. The smallest absolute Gasteiger partial charge is 0.0494 e. The molecule has 88 valence electrons. The van der Waals surface area contributed by atoms with Gasteiger partial charge in [-0.05, 0) is 29.9 Å². The third-order valence-electron chi connectivity index (χ3n) is 3.38. The quantitative estimate of drug-likeness (QED) is 0.702. The van der Waals surface area contributed by atoms with Crippen molar-refractivity contribution in [2.45, 2.75) is 32.6 Å². The lowest BCUT2D eigenvalue weighted by molar-refractivity contribution is 0.293. The summed E-state index contributed by atoms with van der Waals surface area (Å²) in [6.45, 7) is 7.00. The average molecular weight is 238 g/mol. The van der Waals surface area contributed by atoms with Crippen LogP contribution in [-0.2, 0) is 5.88 Å². The summed E-state index contributed by atoms with van der Waals surface area (Å²) in [6.07, 6.45) is 2.61. The lowest BCUT2D eigenvalue weighted by Gasteiger charge is -2.40. The predicted molar refractivity (Wildman–Crippen MR) is 71.2 cm³/mol. The molecule has 1 saturated heterocycles. The highest BCUT2D eigenvalue weighted by Crippen LogP contribution is 2.33. The maximum Gasteiger partial charge on any atom is 0.0494 e. The van der Waals surface area contributed by atoms with Crippen LogP contribution < -0.4 is 4.90 Å². The topological polar surface area (TPSA) is 3.24 Å². The van der Waals surface area contributed by atoms with Crippen molar-refractivity contribution in [2.75, 3.05) is 18.0 Å². The monoisotopic (exact) mass is 237 g/mol. The highest BCUT2D eigenvalue weighted by Gasteiger charge is 2.27. The maximum absolute atomic E-state index is 6.00. The summed E-state index contributed by atoms with van der Waals surface area (Å²) in [6, 6.07) is 8.49. The minimum atomic E-state index is 0.428. The Kier molecular flexibility index (Phi) is 3.44. The van der Waals surface area contributed by atoms with Gasteiger partial charge in [0, 0.05) is 24.7 Å². The summed E-state index contributed by atoms with van der Waals surface area (Å²) in [5, 5.41) is 0. The van der Waals surface area contributed by atoms with Gasteiger partial charge in [0.1, 0.15) is 0 Å². The Morgan fingerprint density at radius 3 is 2.75 bits per heavy atom. The summed E-state index contributed by atoms with van der Waals surface area (Å²) in [5.74, 6) is 0.604. The number of hydrogen-bond acceptors (Lipinski definition) is 1. The van der Waals surface area contributed by atoms with Crippen LogP contribution in [0.25, 0.3) is 0 Å².